The van der Waals surface area contributed by atoms with Crippen molar-refractivity contribution in [3.8, 4) is 0 Å². The Balaban J connectivity index is 1.92. The third-order valence-corrected chi connectivity index (χ3v) is 4.94. The molecule has 1 aliphatic carbocycles. The Bertz CT molecular complexity index is 926. The lowest BCUT2D eigenvalue weighted by atomic mass is 10.1. The number of amides is 3. The second kappa shape index (κ2) is 8.34. The van der Waals surface area contributed by atoms with E-state index < -0.39 is 11.8 Å². The average Bonchev–Trinajstić information content (AvgIpc) is 3.27. The zero-order valence-electron chi connectivity index (χ0n) is 16.5. The molecule has 3 amide bonds. The van der Waals surface area contributed by atoms with Gasteiger partial charge in [-0.15, -0.1) is 0 Å². The quantitative estimate of drug-likeness (QED) is 0.674. The van der Waals surface area contributed by atoms with Gasteiger partial charge in [-0.1, -0.05) is 24.1 Å². The summed E-state index contributed by atoms with van der Waals surface area (Å²) in [6, 6.07) is 5.65. The van der Waals surface area contributed by atoms with Crippen molar-refractivity contribution in [3.05, 3.63) is 40.8 Å². The van der Waals surface area contributed by atoms with Gasteiger partial charge in [-0.25, -0.2) is 0 Å². The molecule has 9 nitrogen and oxygen atoms in total. The molecule has 0 unspecified atom stereocenters. The molecule has 1 saturated carbocycles. The molecule has 0 atom stereocenters. The Hall–Kier alpha value is -3.36. The Morgan fingerprint density at radius 3 is 2.34 bits per heavy atom. The van der Waals surface area contributed by atoms with Gasteiger partial charge in [0.15, 0.2) is 5.69 Å². The summed E-state index contributed by atoms with van der Waals surface area (Å²) < 4.78 is 5.00. The molecular formula is C20H25N5O4. The lowest BCUT2D eigenvalue weighted by molar-refractivity contribution is -0.120. The largest absolute Gasteiger partial charge is 0.393 e. The van der Waals surface area contributed by atoms with Gasteiger partial charge in [-0.3, -0.25) is 19.3 Å². The maximum Gasteiger partial charge on any atom is 0.299 e. The molecule has 1 aromatic heterocycles. The van der Waals surface area contributed by atoms with Gasteiger partial charge < -0.3 is 21.3 Å². The molecule has 0 radical (unpaired) electrons. The number of carbonyl (C=O) groups excluding carboxylic acids is 3. The van der Waals surface area contributed by atoms with Crippen LogP contribution in [0.15, 0.2) is 22.7 Å². The summed E-state index contributed by atoms with van der Waals surface area (Å²) in [6.07, 6.45) is 4.02. The van der Waals surface area contributed by atoms with Crippen molar-refractivity contribution in [1.29, 1.82) is 0 Å². The fraction of sp³-hybridized carbons (Fsp3) is 0.400. The van der Waals surface area contributed by atoms with Crippen LogP contribution in [0.2, 0.25) is 0 Å². The summed E-state index contributed by atoms with van der Waals surface area (Å²) in [6.45, 7) is 3.57. The molecule has 0 spiro atoms. The first kappa shape index (κ1) is 20.4. The third-order valence-electron chi connectivity index (χ3n) is 4.94. The van der Waals surface area contributed by atoms with Crippen LogP contribution in [-0.4, -0.2) is 35.5 Å². The number of nitrogens with zero attached hydrogens (tertiary/aromatic N) is 2. The van der Waals surface area contributed by atoms with E-state index in [1.807, 2.05) is 19.9 Å². The Morgan fingerprint density at radius 2 is 1.79 bits per heavy atom. The van der Waals surface area contributed by atoms with Crippen molar-refractivity contribution >= 4 is 29.1 Å². The predicted molar refractivity (Wildman–Crippen MR) is 107 cm³/mol. The van der Waals surface area contributed by atoms with Crippen molar-refractivity contribution in [3.63, 3.8) is 0 Å². The van der Waals surface area contributed by atoms with Gasteiger partial charge in [0.1, 0.15) is 12.2 Å². The molecule has 0 aliphatic heterocycles. The maximum absolute atomic E-state index is 13.2. The molecule has 5 N–H and O–H groups in total. The highest BCUT2D eigenvalue weighted by Crippen LogP contribution is 2.25. The third kappa shape index (κ3) is 4.56. The first-order valence-electron chi connectivity index (χ1n) is 9.50. The lowest BCUT2D eigenvalue weighted by Crippen LogP contribution is -2.44. The monoisotopic (exact) mass is 399 g/mol. The van der Waals surface area contributed by atoms with Gasteiger partial charge in [-0.2, -0.15) is 0 Å². The number of primary amides is 1. The summed E-state index contributed by atoms with van der Waals surface area (Å²) in [5.74, 6) is -2.18. The highest BCUT2D eigenvalue weighted by atomic mass is 16.5. The topological polar surface area (TPSA) is 145 Å². The van der Waals surface area contributed by atoms with Crippen LogP contribution >= 0.6 is 0 Å². The average molecular weight is 399 g/mol. The summed E-state index contributed by atoms with van der Waals surface area (Å²) in [5, 5.41) is 6.46. The minimum Gasteiger partial charge on any atom is -0.393 e. The smallest absolute Gasteiger partial charge is 0.299 e. The molecule has 1 aliphatic rings. The van der Waals surface area contributed by atoms with E-state index in [4.69, 9.17) is 16.0 Å². The molecule has 1 aromatic carbocycles. The second-order valence-electron chi connectivity index (χ2n) is 7.42. The number of aryl methyl sites for hydroxylation is 2. The molecular weight excluding hydrogens is 374 g/mol. The van der Waals surface area contributed by atoms with E-state index >= 15 is 0 Å². The predicted octanol–water partition coefficient (Wildman–Crippen LogP) is 1.68. The van der Waals surface area contributed by atoms with Crippen LogP contribution in [0.1, 0.15) is 57.9 Å². The zero-order valence-corrected chi connectivity index (χ0v) is 16.5. The minimum absolute atomic E-state index is 0.121. The number of nitrogens with two attached hydrogens (primary N) is 2. The van der Waals surface area contributed by atoms with Gasteiger partial charge in [0.2, 0.25) is 11.7 Å². The van der Waals surface area contributed by atoms with E-state index in [1.54, 1.807) is 12.1 Å². The first-order valence-corrected chi connectivity index (χ1v) is 9.50. The van der Waals surface area contributed by atoms with Crippen LogP contribution in [0.4, 0.5) is 11.4 Å². The molecule has 9 heteroatoms. The maximum atomic E-state index is 13.2. The molecule has 0 saturated heterocycles. The fourth-order valence-corrected chi connectivity index (χ4v) is 3.63. The van der Waals surface area contributed by atoms with Gasteiger partial charge in [0, 0.05) is 11.7 Å². The summed E-state index contributed by atoms with van der Waals surface area (Å²) in [7, 11) is 0. The zero-order chi connectivity index (χ0) is 21.1. The molecule has 154 valence electrons. The van der Waals surface area contributed by atoms with Gasteiger partial charge >= 0.3 is 0 Å². The molecule has 1 fully saturated rings. The van der Waals surface area contributed by atoms with E-state index in [9.17, 15) is 14.4 Å². The number of carbonyl (C=O) groups is 3. The number of aromatic nitrogens is 1. The van der Waals surface area contributed by atoms with Gasteiger partial charge in [-0.05, 0) is 49.9 Å². The number of nitrogen functional groups attached to an aromatic ring is 1. The highest BCUT2D eigenvalue weighted by molar-refractivity contribution is 6.12. The van der Waals surface area contributed by atoms with E-state index in [0.717, 1.165) is 36.8 Å². The van der Waals surface area contributed by atoms with Crippen LogP contribution in [0, 0.1) is 13.8 Å². The molecule has 2 aromatic rings. The van der Waals surface area contributed by atoms with Gasteiger partial charge in [0.25, 0.3) is 11.8 Å². The molecule has 3 rings (SSSR count). The van der Waals surface area contributed by atoms with Crippen molar-refractivity contribution in [1.82, 2.24) is 10.5 Å². The van der Waals surface area contributed by atoms with Crippen LogP contribution in [0.5, 0.6) is 0 Å². The number of nitrogens with one attached hydrogen (secondary N) is 1. The minimum atomic E-state index is -0.901. The number of anilines is 2. The van der Waals surface area contributed by atoms with Crippen LogP contribution in [0.25, 0.3) is 0 Å². The van der Waals surface area contributed by atoms with E-state index in [2.05, 4.69) is 10.5 Å². The number of hydrogen-bond acceptors (Lipinski definition) is 6. The van der Waals surface area contributed by atoms with E-state index in [0.29, 0.717) is 5.69 Å². The summed E-state index contributed by atoms with van der Waals surface area (Å²) in [4.78, 5) is 38.5. The standard InChI is InChI=1S/C20H25N5O4/c1-11-7-12(2)9-14(8-11)25(10-15(26)23-13-5-3-4-6-13)20(28)18-16(21)17(19(22)27)24-29-18/h7-9,13H,3-6,10,21H2,1-2H3,(H2,22,27)(H,23,26). The lowest BCUT2D eigenvalue weighted by Gasteiger charge is -2.23. The van der Waals surface area contributed by atoms with Crippen LogP contribution in [0.3, 0.4) is 0 Å². The van der Waals surface area contributed by atoms with Crippen molar-refractivity contribution in [2.24, 2.45) is 5.73 Å². The number of rotatable bonds is 6. The second-order valence-corrected chi connectivity index (χ2v) is 7.42. The van der Waals surface area contributed by atoms with Crippen molar-refractivity contribution < 1.29 is 18.9 Å². The number of hydrogen-bond donors (Lipinski definition) is 3. The fourth-order valence-electron chi connectivity index (χ4n) is 3.63. The first-order chi connectivity index (χ1) is 13.8. The highest BCUT2D eigenvalue weighted by Gasteiger charge is 2.30. The molecule has 29 heavy (non-hydrogen) atoms. The van der Waals surface area contributed by atoms with Crippen LogP contribution in [-0.2, 0) is 4.79 Å². The van der Waals surface area contributed by atoms with E-state index in [-0.39, 0.29) is 35.6 Å². The Morgan fingerprint density at radius 1 is 1.17 bits per heavy atom. The molecule has 1 heterocycles. The van der Waals surface area contributed by atoms with Crippen molar-refractivity contribution in [2.45, 2.75) is 45.6 Å². The Kier molecular flexibility index (Phi) is 5.86. The van der Waals surface area contributed by atoms with Gasteiger partial charge in [0.05, 0.1) is 0 Å². The summed E-state index contributed by atoms with van der Waals surface area (Å²) >= 11 is 0. The summed E-state index contributed by atoms with van der Waals surface area (Å²) in [5.41, 5.74) is 12.9. The van der Waals surface area contributed by atoms with E-state index in [1.165, 1.54) is 4.90 Å². The van der Waals surface area contributed by atoms with Crippen molar-refractivity contribution in [2.75, 3.05) is 17.2 Å². The Labute approximate surface area is 168 Å². The number of benzene rings is 1. The SMILES string of the molecule is Cc1cc(C)cc(N(CC(=O)NC2CCCC2)C(=O)c2onc(C(N)=O)c2N)c1. The molecule has 0 bridgehead atoms. The normalized spacial score (nSPS) is 14.0. The van der Waals surface area contributed by atoms with Crippen LogP contribution < -0.4 is 21.7 Å².